The molecule has 1 aliphatic rings. The highest BCUT2D eigenvalue weighted by atomic mass is 19.3. The van der Waals surface area contributed by atoms with Crippen LogP contribution in [-0.2, 0) is 20.9 Å². The highest BCUT2D eigenvalue weighted by Gasteiger charge is 2.44. The lowest BCUT2D eigenvalue weighted by Gasteiger charge is -2.35. The summed E-state index contributed by atoms with van der Waals surface area (Å²) in [5.74, 6) is -1.34. The largest absolute Gasteiger partial charge is 0.460 e. The molecule has 0 radical (unpaired) electrons. The minimum Gasteiger partial charge on any atom is -0.460 e. The van der Waals surface area contributed by atoms with Crippen LogP contribution in [0.2, 0.25) is 0 Å². The Labute approximate surface area is 158 Å². The van der Waals surface area contributed by atoms with E-state index >= 15 is 0 Å². The molecule has 0 N–H and O–H groups in total. The topological polar surface area (TPSA) is 88.2 Å². The fourth-order valence-corrected chi connectivity index (χ4v) is 2.86. The molecule has 11 heteroatoms. The normalized spacial score (nSPS) is 16.1. The Morgan fingerprint density at radius 1 is 1.32 bits per heavy atom. The number of aromatic nitrogens is 2. The Bertz CT molecular complexity index is 780. The van der Waals surface area contributed by atoms with E-state index < -0.39 is 48.1 Å². The number of alkyl halides is 4. The molecule has 0 bridgehead atoms. The third-order valence-corrected chi connectivity index (χ3v) is 4.47. The Morgan fingerprint density at radius 3 is 2.46 bits per heavy atom. The minimum atomic E-state index is -3.07. The van der Waals surface area contributed by atoms with E-state index in [-0.39, 0.29) is 32.5 Å². The van der Waals surface area contributed by atoms with E-state index in [1.54, 1.807) is 0 Å². The summed E-state index contributed by atoms with van der Waals surface area (Å²) in [5.41, 5.74) is -3.02. The summed E-state index contributed by atoms with van der Waals surface area (Å²) in [7, 11) is 0. The quantitative estimate of drug-likeness (QED) is 0.397. The molecule has 1 amide bonds. The van der Waals surface area contributed by atoms with Gasteiger partial charge in [-0.05, 0) is 18.9 Å². The predicted molar refractivity (Wildman–Crippen MR) is 87.2 cm³/mol. The van der Waals surface area contributed by atoms with Crippen molar-refractivity contribution >= 4 is 11.9 Å². The fourth-order valence-electron chi connectivity index (χ4n) is 2.86. The van der Waals surface area contributed by atoms with E-state index in [2.05, 4.69) is 11.7 Å². The molecule has 0 aromatic carbocycles. The number of nitrogens with zero attached hydrogens (tertiary/aromatic N) is 4. The van der Waals surface area contributed by atoms with Gasteiger partial charge >= 0.3 is 5.97 Å². The average Bonchev–Trinajstić information content (AvgIpc) is 3.10. The fraction of sp³-hybridized carbons (Fsp3) is 0.529. The van der Waals surface area contributed by atoms with Crippen LogP contribution < -0.4 is 0 Å². The number of carbonyl (C=O) groups excluding carboxylic acids is 2. The van der Waals surface area contributed by atoms with E-state index in [4.69, 9.17) is 4.74 Å². The second-order valence-electron chi connectivity index (χ2n) is 6.21. The van der Waals surface area contributed by atoms with Crippen molar-refractivity contribution in [1.29, 1.82) is 5.26 Å². The highest BCUT2D eigenvalue weighted by molar-refractivity contribution is 5.81. The zero-order valence-electron chi connectivity index (χ0n) is 14.8. The van der Waals surface area contributed by atoms with Crippen LogP contribution in [0.5, 0.6) is 0 Å². The first-order valence-electron chi connectivity index (χ1n) is 8.35. The maximum absolute atomic E-state index is 13.0. The molecule has 1 aromatic heterocycles. The molecule has 152 valence electrons. The zero-order valence-corrected chi connectivity index (χ0v) is 14.8. The van der Waals surface area contributed by atoms with Crippen molar-refractivity contribution in [3.05, 3.63) is 30.1 Å². The van der Waals surface area contributed by atoms with Gasteiger partial charge in [-0.3, -0.25) is 14.3 Å². The highest BCUT2D eigenvalue weighted by Crippen LogP contribution is 2.33. The number of ether oxygens (including phenoxy) is 1. The third-order valence-electron chi connectivity index (χ3n) is 4.47. The second kappa shape index (κ2) is 8.86. The van der Waals surface area contributed by atoms with E-state index in [9.17, 15) is 32.4 Å². The van der Waals surface area contributed by atoms with Crippen LogP contribution in [0.4, 0.5) is 17.6 Å². The van der Waals surface area contributed by atoms with Crippen molar-refractivity contribution in [3.8, 4) is 6.07 Å². The van der Waals surface area contributed by atoms with Gasteiger partial charge < -0.3 is 9.64 Å². The Morgan fingerprint density at radius 2 is 1.96 bits per heavy atom. The number of piperidine rings is 1. The molecule has 0 atom stereocenters. The lowest BCUT2D eigenvalue weighted by atomic mass is 9.80. The molecular formula is C17H18F4N4O3. The number of hydrogen-bond acceptors (Lipinski definition) is 5. The monoisotopic (exact) mass is 402 g/mol. The number of carbonyl (C=O) groups is 2. The van der Waals surface area contributed by atoms with Gasteiger partial charge in [-0.1, -0.05) is 12.7 Å². The van der Waals surface area contributed by atoms with Gasteiger partial charge in [0.25, 0.3) is 12.9 Å². The average molecular weight is 402 g/mol. The van der Waals surface area contributed by atoms with Crippen molar-refractivity contribution in [1.82, 2.24) is 14.7 Å². The molecule has 0 saturated carbocycles. The van der Waals surface area contributed by atoms with Gasteiger partial charge in [-0.25, -0.2) is 17.6 Å². The van der Waals surface area contributed by atoms with Crippen LogP contribution in [0, 0.1) is 16.7 Å². The number of esters is 1. The van der Waals surface area contributed by atoms with Crippen LogP contribution in [0.1, 0.15) is 37.1 Å². The number of rotatable bonds is 7. The lowest BCUT2D eigenvalue weighted by Crippen LogP contribution is -2.47. The molecule has 1 fully saturated rings. The first kappa shape index (κ1) is 21.4. The summed E-state index contributed by atoms with van der Waals surface area (Å²) in [6, 6.07) is 2.49. The maximum atomic E-state index is 13.0. The molecule has 1 aromatic rings. The van der Waals surface area contributed by atoms with Crippen LogP contribution in [-0.4, -0.2) is 46.3 Å². The van der Waals surface area contributed by atoms with Gasteiger partial charge in [-0.15, -0.1) is 0 Å². The zero-order chi connectivity index (χ0) is 20.9. The van der Waals surface area contributed by atoms with Crippen LogP contribution in [0.25, 0.3) is 0 Å². The van der Waals surface area contributed by atoms with Crippen molar-refractivity contribution in [2.24, 2.45) is 5.41 Å². The van der Waals surface area contributed by atoms with Crippen LogP contribution >= 0.6 is 0 Å². The summed E-state index contributed by atoms with van der Waals surface area (Å²) < 4.78 is 56.9. The van der Waals surface area contributed by atoms with E-state index in [1.807, 2.05) is 6.07 Å². The van der Waals surface area contributed by atoms with Gasteiger partial charge in [0.05, 0.1) is 6.07 Å². The molecular weight excluding hydrogens is 384 g/mol. The van der Waals surface area contributed by atoms with Gasteiger partial charge in [0.15, 0.2) is 5.41 Å². The summed E-state index contributed by atoms with van der Waals surface area (Å²) in [4.78, 5) is 25.8. The summed E-state index contributed by atoms with van der Waals surface area (Å²) in [6.07, 6.45) is -4.73. The minimum absolute atomic E-state index is 0.00825. The van der Waals surface area contributed by atoms with Gasteiger partial charge in [0.1, 0.15) is 24.5 Å². The van der Waals surface area contributed by atoms with Crippen molar-refractivity contribution in [2.75, 3.05) is 19.7 Å². The first-order valence-corrected chi connectivity index (χ1v) is 8.35. The number of halogens is 4. The predicted octanol–water partition coefficient (Wildman–Crippen LogP) is 2.62. The molecule has 7 nitrogen and oxygen atoms in total. The molecule has 1 aliphatic heterocycles. The molecule has 0 unspecified atom stereocenters. The number of amides is 1. The van der Waals surface area contributed by atoms with Gasteiger partial charge in [-0.2, -0.15) is 10.4 Å². The van der Waals surface area contributed by atoms with Crippen molar-refractivity contribution in [2.45, 2.75) is 32.2 Å². The molecule has 0 aliphatic carbocycles. The first-order chi connectivity index (χ1) is 13.2. The molecule has 2 rings (SSSR count). The standard InChI is InChI=1S/C17H18F4N4O3/c1-2-7-28-16(27)17(10-22)3-5-24(6-4-17)13(26)9-25-12(15(20)21)8-11(23-25)14(18)19/h2,8,14-15H,1,3-7,9H2. The number of hydrogen-bond donors (Lipinski definition) is 0. The summed E-state index contributed by atoms with van der Waals surface area (Å²) >= 11 is 0. The maximum Gasteiger partial charge on any atom is 0.326 e. The van der Waals surface area contributed by atoms with E-state index in [0.717, 1.165) is 0 Å². The van der Waals surface area contributed by atoms with Crippen LogP contribution in [0.3, 0.4) is 0 Å². The summed E-state index contributed by atoms with van der Waals surface area (Å²) in [6.45, 7) is 2.75. The Hall–Kier alpha value is -2.90. The van der Waals surface area contributed by atoms with E-state index in [1.165, 1.54) is 11.0 Å². The van der Waals surface area contributed by atoms with Crippen molar-refractivity contribution in [3.63, 3.8) is 0 Å². The molecule has 0 spiro atoms. The molecule has 28 heavy (non-hydrogen) atoms. The smallest absolute Gasteiger partial charge is 0.326 e. The summed E-state index contributed by atoms with van der Waals surface area (Å²) in [5, 5.41) is 12.8. The molecule has 1 saturated heterocycles. The SMILES string of the molecule is C=CCOC(=O)C1(C#N)CCN(C(=O)Cn2nc(C(F)F)cc2C(F)F)CC1. The van der Waals surface area contributed by atoms with E-state index in [0.29, 0.717) is 10.7 Å². The second-order valence-corrected chi connectivity index (χ2v) is 6.21. The molecule has 2 heterocycles. The number of likely N-dealkylation sites (tertiary alicyclic amines) is 1. The van der Waals surface area contributed by atoms with Crippen LogP contribution in [0.15, 0.2) is 18.7 Å². The number of nitriles is 1. The van der Waals surface area contributed by atoms with Gasteiger partial charge in [0.2, 0.25) is 5.91 Å². The van der Waals surface area contributed by atoms with Crippen molar-refractivity contribution < 1.29 is 31.9 Å². The third kappa shape index (κ3) is 4.49. The Balaban J connectivity index is 2.05. The Kier molecular flexibility index (Phi) is 6.77. The lowest BCUT2D eigenvalue weighted by molar-refractivity contribution is -0.155. The van der Waals surface area contributed by atoms with Gasteiger partial charge in [0, 0.05) is 13.1 Å².